The van der Waals surface area contributed by atoms with Crippen molar-refractivity contribution in [1.29, 1.82) is 0 Å². The van der Waals surface area contributed by atoms with Crippen LogP contribution in [0.2, 0.25) is 0 Å². The van der Waals surface area contributed by atoms with Crippen molar-refractivity contribution in [2.75, 3.05) is 25.0 Å². The maximum atomic E-state index is 12.4. The Morgan fingerprint density at radius 3 is 2.80 bits per heavy atom. The van der Waals surface area contributed by atoms with Crippen molar-refractivity contribution in [2.45, 2.75) is 20.3 Å². The molecule has 6 nitrogen and oxygen atoms in total. The van der Waals surface area contributed by atoms with Crippen molar-refractivity contribution in [3.05, 3.63) is 54.0 Å². The maximum absolute atomic E-state index is 12.4. The number of H-pyrrole nitrogens is 1. The van der Waals surface area contributed by atoms with E-state index in [2.05, 4.69) is 32.4 Å². The lowest BCUT2D eigenvalue weighted by atomic mass is 10.1. The number of hydrogen-bond donors (Lipinski definition) is 2. The smallest absolute Gasteiger partial charge is 0.272 e. The van der Waals surface area contributed by atoms with Gasteiger partial charge in [0.05, 0.1) is 0 Å². The number of anilines is 1. The summed E-state index contributed by atoms with van der Waals surface area (Å²) in [5.41, 5.74) is 2.81. The number of para-hydroxylation sites is 1. The number of carbonyl (C=O) groups is 1. The largest absolute Gasteiger partial charge is 0.361 e. The van der Waals surface area contributed by atoms with Gasteiger partial charge in [-0.1, -0.05) is 18.2 Å². The summed E-state index contributed by atoms with van der Waals surface area (Å²) in [6, 6.07) is 9.90. The number of aromatic nitrogens is 3. The number of hydrogen-bond acceptors (Lipinski definition) is 4. The summed E-state index contributed by atoms with van der Waals surface area (Å²) in [5.74, 6) is 0.421. The van der Waals surface area contributed by atoms with Crippen molar-refractivity contribution in [3.63, 3.8) is 0 Å². The molecule has 130 valence electrons. The van der Waals surface area contributed by atoms with E-state index in [0.29, 0.717) is 31.3 Å². The summed E-state index contributed by atoms with van der Waals surface area (Å²) in [7, 11) is 0. The Morgan fingerprint density at radius 1 is 1.20 bits per heavy atom. The minimum Gasteiger partial charge on any atom is -0.361 e. The maximum Gasteiger partial charge on any atom is 0.272 e. The highest BCUT2D eigenvalue weighted by atomic mass is 16.2. The number of aromatic amines is 1. The number of rotatable bonds is 7. The first-order valence-corrected chi connectivity index (χ1v) is 8.64. The molecule has 3 rings (SSSR count). The minimum atomic E-state index is -0.0629. The van der Waals surface area contributed by atoms with Crippen LogP contribution in [-0.2, 0) is 6.42 Å². The van der Waals surface area contributed by atoms with Crippen LogP contribution in [0.25, 0.3) is 10.9 Å². The van der Waals surface area contributed by atoms with E-state index < -0.39 is 0 Å². The molecule has 0 aliphatic carbocycles. The second-order valence-electron chi connectivity index (χ2n) is 5.78. The summed E-state index contributed by atoms with van der Waals surface area (Å²) >= 11 is 0. The van der Waals surface area contributed by atoms with E-state index in [1.165, 1.54) is 10.9 Å². The molecule has 0 unspecified atom stereocenters. The molecule has 0 bridgehead atoms. The monoisotopic (exact) mass is 337 g/mol. The van der Waals surface area contributed by atoms with Gasteiger partial charge in [-0.2, -0.15) is 0 Å². The molecular weight excluding hydrogens is 314 g/mol. The number of benzene rings is 1. The molecule has 0 radical (unpaired) electrons. The van der Waals surface area contributed by atoms with Crippen LogP contribution in [0.15, 0.2) is 42.7 Å². The second-order valence-corrected chi connectivity index (χ2v) is 5.78. The van der Waals surface area contributed by atoms with Crippen LogP contribution in [0.3, 0.4) is 0 Å². The van der Waals surface area contributed by atoms with Gasteiger partial charge in [-0.05, 0) is 38.0 Å². The fourth-order valence-electron chi connectivity index (χ4n) is 2.88. The number of nitrogens with one attached hydrogen (secondary N) is 2. The Balaban J connectivity index is 1.64. The molecule has 0 fully saturated rings. The predicted octanol–water partition coefficient (Wildman–Crippen LogP) is 3.09. The van der Waals surface area contributed by atoms with Crippen molar-refractivity contribution in [2.24, 2.45) is 0 Å². The van der Waals surface area contributed by atoms with Crippen LogP contribution in [0.1, 0.15) is 29.9 Å². The molecular formula is C19H23N5O. The Morgan fingerprint density at radius 2 is 2.00 bits per heavy atom. The fourth-order valence-corrected chi connectivity index (χ4v) is 2.88. The highest BCUT2D eigenvalue weighted by Gasteiger charge is 2.14. The Kier molecular flexibility index (Phi) is 5.28. The van der Waals surface area contributed by atoms with Gasteiger partial charge < -0.3 is 15.2 Å². The molecule has 1 aromatic carbocycles. The molecule has 1 amide bonds. The first-order valence-electron chi connectivity index (χ1n) is 8.64. The van der Waals surface area contributed by atoms with Gasteiger partial charge in [-0.15, -0.1) is 0 Å². The zero-order chi connectivity index (χ0) is 17.6. The first kappa shape index (κ1) is 17.0. The molecule has 2 aromatic heterocycles. The Hall–Kier alpha value is -2.89. The van der Waals surface area contributed by atoms with Crippen molar-refractivity contribution in [3.8, 4) is 0 Å². The first-order chi connectivity index (χ1) is 12.2. The summed E-state index contributed by atoms with van der Waals surface area (Å²) in [6.45, 7) is 5.96. The summed E-state index contributed by atoms with van der Waals surface area (Å²) in [5, 5.41) is 4.44. The SMILES string of the molecule is CCN(CC)C(=O)c1ccnc(NCCc2c[nH]c3ccccc23)n1. The van der Waals surface area contributed by atoms with Crippen LogP contribution in [0, 0.1) is 0 Å². The van der Waals surface area contributed by atoms with Crippen LogP contribution < -0.4 is 5.32 Å². The van der Waals surface area contributed by atoms with Crippen LogP contribution in [-0.4, -0.2) is 45.4 Å². The normalized spacial score (nSPS) is 10.8. The third kappa shape index (κ3) is 3.79. The Labute approximate surface area is 147 Å². The standard InChI is InChI=1S/C19H23N5O/c1-3-24(4-2)18(25)17-10-12-21-19(23-17)20-11-9-14-13-22-16-8-6-5-7-15(14)16/h5-8,10,12-13,22H,3-4,9,11H2,1-2H3,(H,20,21,23). The third-order valence-electron chi connectivity index (χ3n) is 4.28. The number of amides is 1. The average molecular weight is 337 g/mol. The lowest BCUT2D eigenvalue weighted by molar-refractivity contribution is 0.0767. The van der Waals surface area contributed by atoms with Gasteiger partial charge in [-0.25, -0.2) is 9.97 Å². The van der Waals surface area contributed by atoms with E-state index in [4.69, 9.17) is 0 Å². The van der Waals surface area contributed by atoms with Crippen LogP contribution >= 0.6 is 0 Å². The topological polar surface area (TPSA) is 73.9 Å². The average Bonchev–Trinajstić information content (AvgIpc) is 3.06. The number of fused-ring (bicyclic) bond motifs is 1. The van der Waals surface area contributed by atoms with Crippen molar-refractivity contribution >= 4 is 22.8 Å². The van der Waals surface area contributed by atoms with Crippen molar-refractivity contribution in [1.82, 2.24) is 19.9 Å². The lowest BCUT2D eigenvalue weighted by Crippen LogP contribution is -2.31. The fraction of sp³-hybridized carbons (Fsp3) is 0.316. The zero-order valence-corrected chi connectivity index (χ0v) is 14.6. The van der Waals surface area contributed by atoms with Gasteiger partial charge in [0.1, 0.15) is 5.69 Å². The molecule has 0 saturated carbocycles. The predicted molar refractivity (Wildman–Crippen MR) is 99.8 cm³/mol. The third-order valence-corrected chi connectivity index (χ3v) is 4.28. The molecule has 2 N–H and O–H groups in total. The molecule has 0 saturated heterocycles. The van der Waals surface area contributed by atoms with Gasteiger partial charge in [-0.3, -0.25) is 4.79 Å². The number of nitrogens with zero attached hydrogens (tertiary/aromatic N) is 3. The van der Waals surface area contributed by atoms with E-state index >= 15 is 0 Å². The van der Waals surface area contributed by atoms with Crippen LogP contribution in [0.4, 0.5) is 5.95 Å². The van der Waals surface area contributed by atoms with E-state index in [9.17, 15) is 4.79 Å². The quantitative estimate of drug-likeness (QED) is 0.695. The summed E-state index contributed by atoms with van der Waals surface area (Å²) in [6.07, 6.45) is 4.51. The van der Waals surface area contributed by atoms with E-state index in [-0.39, 0.29) is 5.91 Å². The molecule has 6 heteroatoms. The minimum absolute atomic E-state index is 0.0629. The Bertz CT molecular complexity index is 854. The van der Waals surface area contributed by atoms with Crippen molar-refractivity contribution < 1.29 is 4.79 Å². The molecule has 0 atom stereocenters. The molecule has 0 aliphatic heterocycles. The number of carbonyl (C=O) groups excluding carboxylic acids is 1. The van der Waals surface area contributed by atoms with Gasteiger partial charge >= 0.3 is 0 Å². The van der Waals surface area contributed by atoms with Gasteiger partial charge in [0.25, 0.3) is 5.91 Å². The second kappa shape index (κ2) is 7.79. The zero-order valence-electron chi connectivity index (χ0n) is 14.6. The highest BCUT2D eigenvalue weighted by Crippen LogP contribution is 2.18. The van der Waals surface area contributed by atoms with E-state index in [0.717, 1.165) is 11.9 Å². The van der Waals surface area contributed by atoms with E-state index in [1.807, 2.05) is 32.2 Å². The molecule has 0 aliphatic rings. The molecule has 25 heavy (non-hydrogen) atoms. The highest BCUT2D eigenvalue weighted by molar-refractivity contribution is 5.92. The lowest BCUT2D eigenvalue weighted by Gasteiger charge is -2.18. The van der Waals surface area contributed by atoms with E-state index in [1.54, 1.807) is 17.2 Å². The summed E-state index contributed by atoms with van der Waals surface area (Å²) < 4.78 is 0. The van der Waals surface area contributed by atoms with Gasteiger partial charge in [0.15, 0.2) is 0 Å². The van der Waals surface area contributed by atoms with Gasteiger partial charge in [0, 0.05) is 42.9 Å². The molecule has 2 heterocycles. The summed E-state index contributed by atoms with van der Waals surface area (Å²) in [4.78, 5) is 26.0. The van der Waals surface area contributed by atoms with Gasteiger partial charge in [0.2, 0.25) is 5.95 Å². The van der Waals surface area contributed by atoms with Crippen LogP contribution in [0.5, 0.6) is 0 Å². The molecule has 0 spiro atoms. The molecule has 3 aromatic rings.